The summed E-state index contributed by atoms with van der Waals surface area (Å²) < 4.78 is 0. The Labute approximate surface area is 151 Å². The minimum atomic E-state index is 0.0391. The molecule has 0 saturated carbocycles. The molecule has 4 nitrogen and oxygen atoms in total. The van der Waals surface area contributed by atoms with Crippen LogP contribution < -0.4 is 5.32 Å². The van der Waals surface area contributed by atoms with Gasteiger partial charge in [-0.05, 0) is 37.1 Å². The molecule has 1 N–H and O–H groups in total. The third kappa shape index (κ3) is 4.40. The normalized spacial score (nSPS) is 15.0. The third-order valence-corrected chi connectivity index (χ3v) is 4.47. The summed E-state index contributed by atoms with van der Waals surface area (Å²) in [5.41, 5.74) is 2.08. The van der Waals surface area contributed by atoms with Crippen LogP contribution in [0.4, 0.5) is 11.4 Å². The van der Waals surface area contributed by atoms with Crippen LogP contribution in [0.1, 0.15) is 36.0 Å². The molecule has 3 rings (SSSR count). The number of hydrogen-bond acceptors (Lipinski definition) is 3. The molecule has 0 radical (unpaired) electrons. The molecule has 1 saturated heterocycles. The van der Waals surface area contributed by atoms with Crippen molar-refractivity contribution in [1.82, 2.24) is 9.88 Å². The molecule has 1 aromatic carbocycles. The summed E-state index contributed by atoms with van der Waals surface area (Å²) in [6.45, 7) is 1.64. The first-order valence-electron chi connectivity index (χ1n) is 8.09. The van der Waals surface area contributed by atoms with Crippen LogP contribution in [0.2, 0.25) is 10.0 Å². The van der Waals surface area contributed by atoms with Crippen molar-refractivity contribution in [2.24, 2.45) is 0 Å². The molecule has 126 valence electrons. The van der Waals surface area contributed by atoms with Gasteiger partial charge in [0.15, 0.2) is 0 Å². The van der Waals surface area contributed by atoms with Crippen molar-refractivity contribution in [3.05, 3.63) is 52.3 Å². The van der Waals surface area contributed by atoms with E-state index in [1.54, 1.807) is 30.6 Å². The third-order valence-electron chi connectivity index (χ3n) is 4.03. The number of aromatic nitrogens is 1. The molecule has 1 aliphatic rings. The van der Waals surface area contributed by atoms with Crippen LogP contribution >= 0.6 is 23.2 Å². The number of benzene rings is 1. The lowest BCUT2D eigenvalue weighted by atomic mass is 10.2. The fourth-order valence-corrected chi connectivity index (χ4v) is 3.40. The second-order valence-corrected chi connectivity index (χ2v) is 6.82. The predicted octanol–water partition coefficient (Wildman–Crippen LogP) is 5.15. The molecule has 1 aromatic heterocycles. The van der Waals surface area contributed by atoms with Crippen LogP contribution in [0.25, 0.3) is 0 Å². The number of carbonyl (C=O) groups excluding carboxylic acids is 1. The van der Waals surface area contributed by atoms with Gasteiger partial charge in [-0.2, -0.15) is 0 Å². The van der Waals surface area contributed by atoms with Gasteiger partial charge in [-0.1, -0.05) is 36.0 Å². The van der Waals surface area contributed by atoms with E-state index >= 15 is 0 Å². The summed E-state index contributed by atoms with van der Waals surface area (Å²) in [4.78, 5) is 18.8. The number of pyridine rings is 1. The Kier molecular flexibility index (Phi) is 5.59. The van der Waals surface area contributed by atoms with E-state index in [-0.39, 0.29) is 5.91 Å². The van der Waals surface area contributed by atoms with E-state index in [2.05, 4.69) is 10.3 Å². The zero-order valence-electron chi connectivity index (χ0n) is 13.3. The molecule has 2 heterocycles. The Hall–Kier alpha value is -1.78. The molecular weight excluding hydrogens is 345 g/mol. The van der Waals surface area contributed by atoms with Gasteiger partial charge in [0.25, 0.3) is 5.91 Å². The molecule has 24 heavy (non-hydrogen) atoms. The van der Waals surface area contributed by atoms with Crippen molar-refractivity contribution in [3.8, 4) is 0 Å². The molecule has 0 spiro atoms. The highest BCUT2D eigenvalue weighted by atomic mass is 35.5. The fourth-order valence-electron chi connectivity index (χ4n) is 2.87. The number of anilines is 2. The Balaban J connectivity index is 1.77. The maximum Gasteiger partial charge on any atom is 0.255 e. The van der Waals surface area contributed by atoms with Crippen molar-refractivity contribution in [2.45, 2.75) is 25.7 Å². The Morgan fingerprint density at radius 1 is 0.917 bits per heavy atom. The zero-order chi connectivity index (χ0) is 16.9. The lowest BCUT2D eigenvalue weighted by Crippen LogP contribution is -2.31. The lowest BCUT2D eigenvalue weighted by Gasteiger charge is -2.20. The van der Waals surface area contributed by atoms with Gasteiger partial charge < -0.3 is 10.2 Å². The van der Waals surface area contributed by atoms with Crippen molar-refractivity contribution in [2.75, 3.05) is 18.4 Å². The average molecular weight is 364 g/mol. The smallest absolute Gasteiger partial charge is 0.255 e. The van der Waals surface area contributed by atoms with Crippen LogP contribution in [-0.2, 0) is 0 Å². The van der Waals surface area contributed by atoms with Gasteiger partial charge in [0.2, 0.25) is 0 Å². The number of nitrogens with one attached hydrogen (secondary N) is 1. The number of nitrogens with zero attached hydrogens (tertiary/aromatic N) is 2. The maximum atomic E-state index is 12.7. The number of halogens is 2. The summed E-state index contributed by atoms with van der Waals surface area (Å²) in [5.74, 6) is 0.0391. The van der Waals surface area contributed by atoms with Gasteiger partial charge in [-0.25, -0.2) is 0 Å². The number of amides is 1. The first-order chi connectivity index (χ1) is 11.6. The van der Waals surface area contributed by atoms with Crippen molar-refractivity contribution >= 4 is 40.5 Å². The molecule has 6 heteroatoms. The molecule has 0 aliphatic carbocycles. The number of carbonyl (C=O) groups is 1. The second-order valence-electron chi connectivity index (χ2n) is 5.95. The monoisotopic (exact) mass is 363 g/mol. The van der Waals surface area contributed by atoms with Crippen LogP contribution in [0.3, 0.4) is 0 Å². The Morgan fingerprint density at radius 3 is 2.25 bits per heavy atom. The quantitative estimate of drug-likeness (QED) is 0.819. The molecule has 1 fully saturated rings. The van der Waals surface area contributed by atoms with Crippen molar-refractivity contribution < 1.29 is 4.79 Å². The minimum absolute atomic E-state index is 0.0391. The molecule has 1 aliphatic heterocycles. The highest BCUT2D eigenvalue weighted by Gasteiger charge is 2.17. The lowest BCUT2D eigenvalue weighted by molar-refractivity contribution is 0.0761. The molecular formula is C18H19Cl2N3O. The molecule has 1 amide bonds. The van der Waals surface area contributed by atoms with Crippen LogP contribution in [-0.4, -0.2) is 28.9 Å². The SMILES string of the molecule is O=C(c1cncc(Nc2cc(Cl)cc(Cl)c2)c1)N1CCCCCC1. The highest BCUT2D eigenvalue weighted by molar-refractivity contribution is 6.35. The highest BCUT2D eigenvalue weighted by Crippen LogP contribution is 2.25. The first-order valence-corrected chi connectivity index (χ1v) is 8.85. The standard InChI is InChI=1S/C18H19Cl2N3O/c19-14-8-15(20)10-16(9-14)22-17-7-13(11-21-12-17)18(24)23-5-3-1-2-4-6-23/h7-12,22H,1-6H2. The molecule has 0 atom stereocenters. The number of rotatable bonds is 3. The number of hydrogen-bond donors (Lipinski definition) is 1. The maximum absolute atomic E-state index is 12.7. The van der Waals surface area contributed by atoms with Crippen LogP contribution in [0.15, 0.2) is 36.7 Å². The van der Waals surface area contributed by atoms with Gasteiger partial charge >= 0.3 is 0 Å². The second kappa shape index (κ2) is 7.86. The van der Waals surface area contributed by atoms with E-state index in [1.165, 1.54) is 12.8 Å². The van der Waals surface area contributed by atoms with Gasteiger partial charge in [0, 0.05) is 35.0 Å². The van der Waals surface area contributed by atoms with Gasteiger partial charge in [-0.3, -0.25) is 9.78 Å². The van der Waals surface area contributed by atoms with Gasteiger partial charge in [0.1, 0.15) is 0 Å². The largest absolute Gasteiger partial charge is 0.354 e. The van der Waals surface area contributed by atoms with E-state index in [1.807, 2.05) is 11.0 Å². The summed E-state index contributed by atoms with van der Waals surface area (Å²) in [6.07, 6.45) is 7.81. The average Bonchev–Trinajstić information content (AvgIpc) is 2.82. The van der Waals surface area contributed by atoms with E-state index in [9.17, 15) is 4.79 Å². The van der Waals surface area contributed by atoms with Crippen LogP contribution in [0, 0.1) is 0 Å². The summed E-state index contributed by atoms with van der Waals surface area (Å²) in [7, 11) is 0. The molecule has 0 unspecified atom stereocenters. The van der Waals surface area contributed by atoms with E-state index in [0.29, 0.717) is 15.6 Å². The topological polar surface area (TPSA) is 45.2 Å². The van der Waals surface area contributed by atoms with Gasteiger partial charge in [0.05, 0.1) is 17.4 Å². The Bertz CT molecular complexity index is 708. The minimum Gasteiger partial charge on any atom is -0.354 e. The molecule has 0 bridgehead atoms. The van der Waals surface area contributed by atoms with Crippen molar-refractivity contribution in [3.63, 3.8) is 0 Å². The van der Waals surface area contributed by atoms with Crippen molar-refractivity contribution in [1.29, 1.82) is 0 Å². The summed E-state index contributed by atoms with van der Waals surface area (Å²) in [5, 5.41) is 4.30. The van der Waals surface area contributed by atoms with E-state index in [0.717, 1.165) is 37.3 Å². The summed E-state index contributed by atoms with van der Waals surface area (Å²) in [6, 6.07) is 7.04. The Morgan fingerprint density at radius 2 is 1.58 bits per heavy atom. The molecule has 2 aromatic rings. The first kappa shape index (κ1) is 17.1. The van der Waals surface area contributed by atoms with Gasteiger partial charge in [-0.15, -0.1) is 0 Å². The number of likely N-dealkylation sites (tertiary alicyclic amines) is 1. The summed E-state index contributed by atoms with van der Waals surface area (Å²) >= 11 is 12.0. The van der Waals surface area contributed by atoms with E-state index in [4.69, 9.17) is 23.2 Å². The van der Waals surface area contributed by atoms with E-state index < -0.39 is 0 Å². The fraction of sp³-hybridized carbons (Fsp3) is 0.333. The zero-order valence-corrected chi connectivity index (χ0v) is 14.8. The van der Waals surface area contributed by atoms with Crippen LogP contribution in [0.5, 0.6) is 0 Å². The predicted molar refractivity (Wildman–Crippen MR) is 98.4 cm³/mol.